The molecule has 5 heteroatoms. The predicted molar refractivity (Wildman–Crippen MR) is 59.9 cm³/mol. The maximum atomic E-state index is 12.4. The van der Waals surface area contributed by atoms with Gasteiger partial charge in [-0.05, 0) is 19.3 Å². The van der Waals surface area contributed by atoms with Gasteiger partial charge in [0.05, 0.1) is 6.07 Å². The summed E-state index contributed by atoms with van der Waals surface area (Å²) in [6, 6.07) is 2.19. The van der Waals surface area contributed by atoms with E-state index in [1.807, 2.05) is 0 Å². The molecule has 2 aliphatic rings. The molecule has 2 fully saturated rings. The van der Waals surface area contributed by atoms with Crippen LogP contribution in [0.4, 0.5) is 0 Å². The Morgan fingerprint density at radius 2 is 2.24 bits per heavy atom. The topological polar surface area (TPSA) is 73.6 Å². The van der Waals surface area contributed by atoms with E-state index < -0.39 is 5.41 Å². The van der Waals surface area contributed by atoms with E-state index in [4.69, 9.17) is 9.84 Å². The van der Waals surface area contributed by atoms with Crippen LogP contribution < -0.4 is 0 Å². The summed E-state index contributed by atoms with van der Waals surface area (Å²) in [5.41, 5.74) is -0.886. The Bertz CT molecular complexity index is 331. The Labute approximate surface area is 101 Å². The number of nitriles is 1. The van der Waals surface area contributed by atoms with Crippen LogP contribution in [-0.2, 0) is 9.53 Å². The predicted octanol–water partition coefficient (Wildman–Crippen LogP) is 0.148. The van der Waals surface area contributed by atoms with Gasteiger partial charge in [0, 0.05) is 38.8 Å². The van der Waals surface area contributed by atoms with Crippen LogP contribution >= 0.6 is 0 Å². The normalized spacial score (nSPS) is 27.8. The Hall–Kier alpha value is -1.12. The molecular weight excluding hydrogens is 220 g/mol. The third-order valence-corrected chi connectivity index (χ3v) is 3.80. The molecule has 2 rings (SSSR count). The van der Waals surface area contributed by atoms with Gasteiger partial charge in [0.1, 0.15) is 5.41 Å². The van der Waals surface area contributed by atoms with Crippen molar-refractivity contribution in [2.75, 3.05) is 32.9 Å². The van der Waals surface area contributed by atoms with E-state index >= 15 is 0 Å². The van der Waals surface area contributed by atoms with E-state index in [1.165, 1.54) is 0 Å². The van der Waals surface area contributed by atoms with Crippen molar-refractivity contribution < 1.29 is 14.6 Å². The molecule has 0 radical (unpaired) electrons. The lowest BCUT2D eigenvalue weighted by Gasteiger charge is -2.33. The van der Waals surface area contributed by atoms with Crippen LogP contribution in [0.3, 0.4) is 0 Å². The van der Waals surface area contributed by atoms with Gasteiger partial charge in [-0.1, -0.05) is 0 Å². The van der Waals surface area contributed by atoms with Crippen LogP contribution in [0.5, 0.6) is 0 Å². The second-order valence-electron chi connectivity index (χ2n) is 4.89. The summed E-state index contributed by atoms with van der Waals surface area (Å²) < 4.78 is 5.22. The van der Waals surface area contributed by atoms with Crippen molar-refractivity contribution in [1.82, 2.24) is 4.90 Å². The van der Waals surface area contributed by atoms with Crippen LogP contribution in [0.1, 0.15) is 19.3 Å². The zero-order valence-corrected chi connectivity index (χ0v) is 9.89. The van der Waals surface area contributed by atoms with Gasteiger partial charge in [-0.15, -0.1) is 0 Å². The molecule has 0 aromatic carbocycles. The number of carbonyl (C=O) groups is 1. The second kappa shape index (κ2) is 5.03. The fraction of sp³-hybridized carbons (Fsp3) is 0.833. The first-order valence-corrected chi connectivity index (χ1v) is 6.11. The summed E-state index contributed by atoms with van der Waals surface area (Å²) in [4.78, 5) is 14.1. The monoisotopic (exact) mass is 238 g/mol. The molecule has 0 aliphatic carbocycles. The molecule has 0 bridgehead atoms. The summed E-state index contributed by atoms with van der Waals surface area (Å²) in [6.07, 6.45) is 1.81. The minimum Gasteiger partial charge on any atom is -0.396 e. The third kappa shape index (κ3) is 2.28. The second-order valence-corrected chi connectivity index (χ2v) is 4.89. The van der Waals surface area contributed by atoms with Gasteiger partial charge in [0.25, 0.3) is 0 Å². The maximum absolute atomic E-state index is 12.4. The fourth-order valence-corrected chi connectivity index (χ4v) is 2.56. The van der Waals surface area contributed by atoms with E-state index in [1.54, 1.807) is 4.90 Å². The van der Waals surface area contributed by atoms with Crippen molar-refractivity contribution in [1.29, 1.82) is 5.26 Å². The Kier molecular flexibility index (Phi) is 3.65. The fourth-order valence-electron chi connectivity index (χ4n) is 2.56. The van der Waals surface area contributed by atoms with Crippen LogP contribution in [-0.4, -0.2) is 48.8 Å². The van der Waals surface area contributed by atoms with Gasteiger partial charge in [-0.2, -0.15) is 5.26 Å². The number of rotatable bonds is 2. The average molecular weight is 238 g/mol. The molecule has 94 valence electrons. The molecule has 5 nitrogen and oxygen atoms in total. The zero-order chi connectivity index (χ0) is 12.3. The summed E-state index contributed by atoms with van der Waals surface area (Å²) in [5, 5.41) is 18.4. The zero-order valence-electron chi connectivity index (χ0n) is 9.89. The molecule has 0 aromatic heterocycles. The maximum Gasteiger partial charge on any atom is 0.243 e. The molecule has 0 saturated carbocycles. The Balaban J connectivity index is 2.05. The number of hydrogen-bond donors (Lipinski definition) is 1. The molecule has 0 aromatic rings. The number of aliphatic hydroxyl groups excluding tert-OH is 1. The number of carbonyl (C=O) groups excluding carboxylic acids is 1. The summed E-state index contributed by atoms with van der Waals surface area (Å²) in [6.45, 7) is 2.33. The van der Waals surface area contributed by atoms with Crippen LogP contribution in [0.25, 0.3) is 0 Å². The van der Waals surface area contributed by atoms with Gasteiger partial charge in [-0.3, -0.25) is 4.79 Å². The van der Waals surface area contributed by atoms with Crippen LogP contribution in [0.2, 0.25) is 0 Å². The van der Waals surface area contributed by atoms with Gasteiger partial charge in [-0.25, -0.2) is 0 Å². The van der Waals surface area contributed by atoms with E-state index in [0.717, 1.165) is 6.42 Å². The number of amides is 1. The van der Waals surface area contributed by atoms with Crippen molar-refractivity contribution in [3.63, 3.8) is 0 Å². The molecule has 2 saturated heterocycles. The lowest BCUT2D eigenvalue weighted by Crippen LogP contribution is -2.45. The number of nitrogens with zero attached hydrogens (tertiary/aromatic N) is 2. The van der Waals surface area contributed by atoms with Crippen LogP contribution in [0.15, 0.2) is 0 Å². The lowest BCUT2D eigenvalue weighted by atomic mass is 9.80. The largest absolute Gasteiger partial charge is 0.396 e. The van der Waals surface area contributed by atoms with E-state index in [0.29, 0.717) is 39.1 Å². The number of likely N-dealkylation sites (tertiary alicyclic amines) is 1. The Morgan fingerprint density at radius 3 is 2.76 bits per heavy atom. The van der Waals surface area contributed by atoms with E-state index in [9.17, 15) is 10.1 Å². The van der Waals surface area contributed by atoms with Crippen molar-refractivity contribution in [2.45, 2.75) is 19.3 Å². The summed E-state index contributed by atoms with van der Waals surface area (Å²) >= 11 is 0. The van der Waals surface area contributed by atoms with Crippen molar-refractivity contribution in [3.05, 3.63) is 0 Å². The third-order valence-electron chi connectivity index (χ3n) is 3.80. The van der Waals surface area contributed by atoms with Crippen LogP contribution in [0, 0.1) is 22.7 Å². The minimum absolute atomic E-state index is 0.0701. The van der Waals surface area contributed by atoms with Crippen molar-refractivity contribution in [3.8, 4) is 6.07 Å². The average Bonchev–Trinajstić information content (AvgIpc) is 2.87. The molecule has 0 spiro atoms. The standard InChI is InChI=1S/C12H18N2O3/c13-9-12(2-5-17-6-3-12)11(16)14-4-1-10(7-14)8-15/h10,15H,1-8H2. The van der Waals surface area contributed by atoms with Gasteiger partial charge in [0.2, 0.25) is 5.91 Å². The van der Waals surface area contributed by atoms with Gasteiger partial charge >= 0.3 is 0 Å². The SMILES string of the molecule is N#CC1(C(=O)N2CCC(CO)C2)CCOCC1. The first-order chi connectivity index (χ1) is 8.22. The molecule has 1 unspecified atom stereocenters. The van der Waals surface area contributed by atoms with Crippen molar-refractivity contribution in [2.24, 2.45) is 11.3 Å². The lowest BCUT2D eigenvalue weighted by molar-refractivity contribution is -0.142. The van der Waals surface area contributed by atoms with E-state index in [2.05, 4.69) is 6.07 Å². The smallest absolute Gasteiger partial charge is 0.243 e. The molecular formula is C12H18N2O3. The number of ether oxygens (including phenoxy) is 1. The van der Waals surface area contributed by atoms with E-state index in [-0.39, 0.29) is 18.4 Å². The highest BCUT2D eigenvalue weighted by Crippen LogP contribution is 2.33. The molecule has 1 amide bonds. The first-order valence-electron chi connectivity index (χ1n) is 6.11. The number of hydrogen-bond acceptors (Lipinski definition) is 4. The summed E-state index contributed by atoms with van der Waals surface area (Å²) in [7, 11) is 0. The molecule has 17 heavy (non-hydrogen) atoms. The highest BCUT2D eigenvalue weighted by atomic mass is 16.5. The highest BCUT2D eigenvalue weighted by Gasteiger charge is 2.44. The highest BCUT2D eigenvalue weighted by molar-refractivity contribution is 5.85. The minimum atomic E-state index is -0.886. The quantitative estimate of drug-likeness (QED) is 0.743. The van der Waals surface area contributed by atoms with Gasteiger partial charge in [0.15, 0.2) is 0 Å². The summed E-state index contributed by atoms with van der Waals surface area (Å²) in [5.74, 6) is 0.105. The number of aliphatic hydroxyl groups is 1. The molecule has 2 aliphatic heterocycles. The molecule has 1 N–H and O–H groups in total. The first kappa shape index (κ1) is 12.3. The van der Waals surface area contributed by atoms with Crippen molar-refractivity contribution >= 4 is 5.91 Å². The molecule has 1 atom stereocenters. The molecule has 2 heterocycles. The van der Waals surface area contributed by atoms with Gasteiger partial charge < -0.3 is 14.7 Å². The Morgan fingerprint density at radius 1 is 1.53 bits per heavy atom.